The van der Waals surface area contributed by atoms with E-state index in [4.69, 9.17) is 15.0 Å². The molecule has 3 rings (SSSR count). The standard InChI is InChI=1S/C18H20N4O3.ClH/c1-9(2)16-15-12(7-10(3)20-18(15)25-22-16)17(23)21-11-5-6-14(24-4)13(19)8-11;/h5-9H,19H2,1-4H3,(H,21,23);1H. The summed E-state index contributed by atoms with van der Waals surface area (Å²) in [4.78, 5) is 17.2. The van der Waals surface area contributed by atoms with E-state index in [1.165, 1.54) is 0 Å². The van der Waals surface area contributed by atoms with Gasteiger partial charge in [0.25, 0.3) is 11.6 Å². The zero-order valence-corrected chi connectivity index (χ0v) is 15.8. The average Bonchev–Trinajstić information content (AvgIpc) is 2.98. The molecule has 1 amide bonds. The number of benzene rings is 1. The molecule has 3 N–H and O–H groups in total. The van der Waals surface area contributed by atoms with Crippen LogP contribution in [0.1, 0.15) is 41.5 Å². The van der Waals surface area contributed by atoms with Gasteiger partial charge in [0, 0.05) is 11.4 Å². The third-order valence-corrected chi connectivity index (χ3v) is 3.88. The number of nitrogens with zero attached hydrogens (tertiary/aromatic N) is 2. The molecule has 0 aliphatic carbocycles. The number of halogens is 1. The Morgan fingerprint density at radius 1 is 1.31 bits per heavy atom. The molecular formula is C18H21ClN4O3. The van der Waals surface area contributed by atoms with Crippen molar-refractivity contribution in [2.24, 2.45) is 0 Å². The summed E-state index contributed by atoms with van der Waals surface area (Å²) in [6.07, 6.45) is 0. The van der Waals surface area contributed by atoms with E-state index in [-0.39, 0.29) is 24.2 Å². The van der Waals surface area contributed by atoms with E-state index in [0.717, 1.165) is 0 Å². The van der Waals surface area contributed by atoms with Crippen LogP contribution < -0.4 is 15.8 Å². The first kappa shape index (κ1) is 19.5. The highest BCUT2D eigenvalue weighted by Gasteiger charge is 2.21. The van der Waals surface area contributed by atoms with E-state index in [1.807, 2.05) is 13.8 Å². The number of hydrogen-bond donors (Lipinski definition) is 2. The fraction of sp³-hybridized carbons (Fsp3) is 0.278. The number of amides is 1. The maximum atomic E-state index is 12.8. The summed E-state index contributed by atoms with van der Waals surface area (Å²) in [5.74, 6) is 0.389. The van der Waals surface area contributed by atoms with E-state index in [1.54, 1.807) is 38.3 Å². The molecule has 0 atom stereocenters. The Balaban J connectivity index is 0.00000243. The van der Waals surface area contributed by atoms with Crippen LogP contribution >= 0.6 is 12.4 Å². The van der Waals surface area contributed by atoms with Crippen molar-refractivity contribution in [3.05, 3.63) is 41.2 Å². The minimum atomic E-state index is -0.273. The quantitative estimate of drug-likeness (QED) is 0.669. The van der Waals surface area contributed by atoms with Crippen LogP contribution in [0, 0.1) is 6.92 Å². The predicted octanol–water partition coefficient (Wildman–Crippen LogP) is 3.92. The van der Waals surface area contributed by atoms with Crippen LogP contribution in [0.25, 0.3) is 11.1 Å². The van der Waals surface area contributed by atoms with Crippen LogP contribution in [0.15, 0.2) is 28.8 Å². The number of ether oxygens (including phenoxy) is 1. The molecule has 26 heavy (non-hydrogen) atoms. The average molecular weight is 377 g/mol. The van der Waals surface area contributed by atoms with Gasteiger partial charge in [-0.05, 0) is 37.1 Å². The molecule has 2 aromatic heterocycles. The van der Waals surface area contributed by atoms with Crippen molar-refractivity contribution in [1.29, 1.82) is 0 Å². The number of hydrogen-bond acceptors (Lipinski definition) is 6. The second-order valence-electron chi connectivity index (χ2n) is 6.12. The molecule has 0 bridgehead atoms. The minimum absolute atomic E-state index is 0. The van der Waals surface area contributed by atoms with Crippen molar-refractivity contribution in [2.75, 3.05) is 18.2 Å². The monoisotopic (exact) mass is 376 g/mol. The number of methoxy groups -OCH3 is 1. The zero-order valence-electron chi connectivity index (χ0n) is 15.0. The fourth-order valence-corrected chi connectivity index (χ4v) is 2.68. The van der Waals surface area contributed by atoms with Crippen molar-refractivity contribution < 1.29 is 14.1 Å². The summed E-state index contributed by atoms with van der Waals surface area (Å²) >= 11 is 0. The predicted molar refractivity (Wildman–Crippen MR) is 103 cm³/mol. The molecule has 0 saturated carbocycles. The first-order valence-electron chi connectivity index (χ1n) is 7.92. The van der Waals surface area contributed by atoms with E-state index in [9.17, 15) is 4.79 Å². The number of rotatable bonds is 4. The smallest absolute Gasteiger partial charge is 0.259 e. The number of carbonyl (C=O) groups excluding carboxylic acids is 1. The van der Waals surface area contributed by atoms with Gasteiger partial charge in [0.1, 0.15) is 5.75 Å². The van der Waals surface area contributed by atoms with Gasteiger partial charge in [-0.1, -0.05) is 19.0 Å². The van der Waals surface area contributed by atoms with Gasteiger partial charge in [-0.3, -0.25) is 4.79 Å². The lowest BCUT2D eigenvalue weighted by molar-refractivity contribution is 0.102. The maximum absolute atomic E-state index is 12.8. The normalized spacial score (nSPS) is 10.7. The van der Waals surface area contributed by atoms with E-state index < -0.39 is 0 Å². The van der Waals surface area contributed by atoms with Crippen LogP contribution in [0.2, 0.25) is 0 Å². The lowest BCUT2D eigenvalue weighted by Gasteiger charge is -2.10. The molecule has 0 saturated heterocycles. The third kappa shape index (κ3) is 3.57. The van der Waals surface area contributed by atoms with Crippen LogP contribution in [0.3, 0.4) is 0 Å². The Labute approximate surface area is 157 Å². The van der Waals surface area contributed by atoms with Gasteiger partial charge in [-0.15, -0.1) is 12.4 Å². The van der Waals surface area contributed by atoms with Crippen molar-refractivity contribution in [1.82, 2.24) is 10.1 Å². The van der Waals surface area contributed by atoms with Crippen LogP contribution in [-0.4, -0.2) is 23.2 Å². The van der Waals surface area contributed by atoms with Gasteiger partial charge < -0.3 is 20.3 Å². The molecule has 0 aliphatic heterocycles. The molecule has 0 radical (unpaired) electrons. The van der Waals surface area contributed by atoms with Crippen LogP contribution in [-0.2, 0) is 0 Å². The molecular weight excluding hydrogens is 356 g/mol. The van der Waals surface area contributed by atoms with E-state index in [0.29, 0.717) is 45.2 Å². The Bertz CT molecular complexity index is 953. The van der Waals surface area contributed by atoms with Gasteiger partial charge in [-0.25, -0.2) is 4.98 Å². The van der Waals surface area contributed by atoms with E-state index in [2.05, 4.69) is 15.5 Å². The molecule has 8 heteroatoms. The number of nitrogen functional groups attached to an aromatic ring is 1. The molecule has 1 aromatic carbocycles. The molecule has 0 unspecified atom stereocenters. The van der Waals surface area contributed by atoms with Crippen LogP contribution in [0.5, 0.6) is 5.75 Å². The van der Waals surface area contributed by atoms with E-state index >= 15 is 0 Å². The highest BCUT2D eigenvalue weighted by molar-refractivity contribution is 6.12. The zero-order chi connectivity index (χ0) is 18.1. The Morgan fingerprint density at radius 2 is 2.04 bits per heavy atom. The molecule has 0 spiro atoms. The summed E-state index contributed by atoms with van der Waals surface area (Å²) in [5, 5.41) is 7.56. The Hall–Kier alpha value is -2.80. The second-order valence-corrected chi connectivity index (χ2v) is 6.12. The molecule has 3 aromatic rings. The number of fused-ring (bicyclic) bond motifs is 1. The summed E-state index contributed by atoms with van der Waals surface area (Å²) in [6.45, 7) is 5.78. The molecule has 0 fully saturated rings. The highest BCUT2D eigenvalue weighted by atomic mass is 35.5. The minimum Gasteiger partial charge on any atom is -0.495 e. The summed E-state index contributed by atoms with van der Waals surface area (Å²) in [5.41, 5.74) is 9.15. The fourth-order valence-electron chi connectivity index (χ4n) is 2.68. The number of nitrogens with two attached hydrogens (primary N) is 1. The van der Waals surface area contributed by atoms with Gasteiger partial charge >= 0.3 is 0 Å². The highest BCUT2D eigenvalue weighted by Crippen LogP contribution is 2.29. The number of pyridine rings is 1. The largest absolute Gasteiger partial charge is 0.495 e. The van der Waals surface area contributed by atoms with Gasteiger partial charge in [-0.2, -0.15) is 0 Å². The van der Waals surface area contributed by atoms with Crippen molar-refractivity contribution >= 4 is 40.8 Å². The van der Waals surface area contributed by atoms with Gasteiger partial charge in [0.2, 0.25) is 0 Å². The molecule has 7 nitrogen and oxygen atoms in total. The second kappa shape index (κ2) is 7.61. The lowest BCUT2D eigenvalue weighted by atomic mass is 10.0. The number of aromatic nitrogens is 2. The summed E-state index contributed by atoms with van der Waals surface area (Å²) in [7, 11) is 1.54. The van der Waals surface area contributed by atoms with Crippen molar-refractivity contribution in [3.8, 4) is 5.75 Å². The Morgan fingerprint density at radius 3 is 2.65 bits per heavy atom. The molecule has 138 valence electrons. The first-order chi connectivity index (χ1) is 11.9. The number of anilines is 2. The lowest BCUT2D eigenvalue weighted by Crippen LogP contribution is -2.14. The third-order valence-electron chi connectivity index (χ3n) is 3.88. The topological polar surface area (TPSA) is 103 Å². The van der Waals surface area contributed by atoms with Crippen LogP contribution in [0.4, 0.5) is 11.4 Å². The maximum Gasteiger partial charge on any atom is 0.259 e. The summed E-state index contributed by atoms with van der Waals surface area (Å²) < 4.78 is 10.4. The molecule has 2 heterocycles. The first-order valence-corrected chi connectivity index (χ1v) is 7.92. The Kier molecular flexibility index (Phi) is 5.72. The van der Waals surface area contributed by atoms with Gasteiger partial charge in [0.05, 0.1) is 29.4 Å². The summed E-state index contributed by atoms with van der Waals surface area (Å²) in [6, 6.07) is 6.82. The van der Waals surface area contributed by atoms with Gasteiger partial charge in [0.15, 0.2) is 0 Å². The van der Waals surface area contributed by atoms with Crippen molar-refractivity contribution in [2.45, 2.75) is 26.7 Å². The number of nitrogens with one attached hydrogen (secondary N) is 1. The van der Waals surface area contributed by atoms with Crippen molar-refractivity contribution in [3.63, 3.8) is 0 Å². The number of carbonyl (C=O) groups is 1. The number of aryl methyl sites for hydroxylation is 1. The SMILES string of the molecule is COc1ccc(NC(=O)c2cc(C)nc3onc(C(C)C)c23)cc1N.Cl. The molecule has 0 aliphatic rings.